The SMILES string of the molecule is CCCCCCNc1cc(N)ns1. The van der Waals surface area contributed by atoms with Crippen LogP contribution in [0, 0.1) is 0 Å². The van der Waals surface area contributed by atoms with Crippen molar-refractivity contribution in [2.24, 2.45) is 0 Å². The fourth-order valence-corrected chi connectivity index (χ4v) is 1.73. The van der Waals surface area contributed by atoms with Crippen LogP contribution in [-0.2, 0) is 0 Å². The van der Waals surface area contributed by atoms with E-state index < -0.39 is 0 Å². The van der Waals surface area contributed by atoms with E-state index in [1.165, 1.54) is 37.2 Å². The minimum atomic E-state index is 0.612. The molecule has 0 unspecified atom stereocenters. The topological polar surface area (TPSA) is 50.9 Å². The van der Waals surface area contributed by atoms with Crippen molar-refractivity contribution in [2.75, 3.05) is 17.6 Å². The summed E-state index contributed by atoms with van der Waals surface area (Å²) < 4.78 is 3.99. The lowest BCUT2D eigenvalue weighted by atomic mass is 10.2. The van der Waals surface area contributed by atoms with E-state index in [2.05, 4.69) is 16.6 Å². The summed E-state index contributed by atoms with van der Waals surface area (Å²) in [5.41, 5.74) is 5.49. The fourth-order valence-electron chi connectivity index (χ4n) is 1.14. The van der Waals surface area contributed by atoms with Gasteiger partial charge in [-0.3, -0.25) is 0 Å². The normalized spacial score (nSPS) is 10.2. The standard InChI is InChI=1S/C9H17N3S/c1-2-3-4-5-6-11-9-7-8(10)12-13-9/h7,11H,2-6H2,1H3,(H2,10,12). The molecule has 0 amide bonds. The molecule has 0 saturated heterocycles. The van der Waals surface area contributed by atoms with Crippen molar-refractivity contribution in [2.45, 2.75) is 32.6 Å². The predicted molar refractivity (Wildman–Crippen MR) is 59.2 cm³/mol. The number of anilines is 2. The fraction of sp³-hybridized carbons (Fsp3) is 0.667. The van der Waals surface area contributed by atoms with E-state index >= 15 is 0 Å². The second kappa shape index (κ2) is 5.80. The maximum Gasteiger partial charge on any atom is 0.139 e. The van der Waals surface area contributed by atoms with E-state index in [9.17, 15) is 0 Å². The Morgan fingerprint density at radius 3 is 2.92 bits per heavy atom. The smallest absolute Gasteiger partial charge is 0.139 e. The maximum absolute atomic E-state index is 5.49. The highest BCUT2D eigenvalue weighted by molar-refractivity contribution is 7.10. The number of hydrogen-bond donors (Lipinski definition) is 2. The van der Waals surface area contributed by atoms with Gasteiger partial charge in [-0.05, 0) is 18.0 Å². The average molecular weight is 199 g/mol. The van der Waals surface area contributed by atoms with E-state index in [1.807, 2.05) is 6.07 Å². The number of nitrogens with zero attached hydrogens (tertiary/aromatic N) is 1. The molecule has 0 spiro atoms. The van der Waals surface area contributed by atoms with Gasteiger partial charge >= 0.3 is 0 Å². The second-order valence-electron chi connectivity index (χ2n) is 3.10. The van der Waals surface area contributed by atoms with Gasteiger partial charge in [-0.25, -0.2) is 0 Å². The van der Waals surface area contributed by atoms with Crippen molar-refractivity contribution < 1.29 is 0 Å². The predicted octanol–water partition coefficient (Wildman–Crippen LogP) is 2.72. The van der Waals surface area contributed by atoms with Crippen molar-refractivity contribution in [1.29, 1.82) is 0 Å². The zero-order valence-electron chi connectivity index (χ0n) is 8.05. The molecule has 0 radical (unpaired) electrons. The van der Waals surface area contributed by atoms with Crippen molar-refractivity contribution in [3.8, 4) is 0 Å². The molecule has 0 bridgehead atoms. The van der Waals surface area contributed by atoms with Gasteiger partial charge in [-0.2, -0.15) is 4.37 Å². The molecule has 1 heterocycles. The van der Waals surface area contributed by atoms with Crippen molar-refractivity contribution in [1.82, 2.24) is 4.37 Å². The molecule has 0 aromatic carbocycles. The first kappa shape index (κ1) is 10.3. The minimum Gasteiger partial charge on any atom is -0.383 e. The van der Waals surface area contributed by atoms with Gasteiger partial charge in [0.25, 0.3) is 0 Å². The van der Waals surface area contributed by atoms with Crippen molar-refractivity contribution in [3.63, 3.8) is 0 Å². The van der Waals surface area contributed by atoms with Crippen molar-refractivity contribution in [3.05, 3.63) is 6.07 Å². The zero-order chi connectivity index (χ0) is 9.52. The number of nitrogens with one attached hydrogen (secondary N) is 1. The highest BCUT2D eigenvalue weighted by Gasteiger charge is 1.96. The molecule has 3 nitrogen and oxygen atoms in total. The zero-order valence-corrected chi connectivity index (χ0v) is 8.86. The van der Waals surface area contributed by atoms with Crippen LogP contribution in [0.15, 0.2) is 6.07 Å². The number of nitrogens with two attached hydrogens (primary N) is 1. The Morgan fingerprint density at radius 1 is 1.46 bits per heavy atom. The first-order valence-electron chi connectivity index (χ1n) is 4.79. The third kappa shape index (κ3) is 4.12. The largest absolute Gasteiger partial charge is 0.383 e. The van der Waals surface area contributed by atoms with E-state index in [1.54, 1.807) is 0 Å². The monoisotopic (exact) mass is 199 g/mol. The van der Waals surface area contributed by atoms with Gasteiger partial charge in [0.05, 0.1) is 0 Å². The van der Waals surface area contributed by atoms with Crippen LogP contribution in [0.3, 0.4) is 0 Å². The molecular formula is C9H17N3S. The van der Waals surface area contributed by atoms with Gasteiger partial charge in [0.2, 0.25) is 0 Å². The van der Waals surface area contributed by atoms with E-state index in [4.69, 9.17) is 5.73 Å². The number of unbranched alkanes of at least 4 members (excludes halogenated alkanes) is 3. The van der Waals surface area contributed by atoms with Crippen LogP contribution >= 0.6 is 11.5 Å². The molecule has 3 N–H and O–H groups in total. The third-order valence-corrected chi connectivity index (χ3v) is 2.62. The molecule has 0 saturated carbocycles. The summed E-state index contributed by atoms with van der Waals surface area (Å²) in [5.74, 6) is 0.612. The molecule has 1 aromatic heterocycles. The van der Waals surface area contributed by atoms with Crippen LogP contribution in [0.25, 0.3) is 0 Å². The summed E-state index contributed by atoms with van der Waals surface area (Å²) >= 11 is 1.43. The van der Waals surface area contributed by atoms with Gasteiger partial charge in [0.15, 0.2) is 0 Å². The summed E-state index contributed by atoms with van der Waals surface area (Å²) in [4.78, 5) is 0. The van der Waals surface area contributed by atoms with Crippen LogP contribution in [0.5, 0.6) is 0 Å². The lowest BCUT2D eigenvalue weighted by Crippen LogP contribution is -1.99. The molecule has 1 aromatic rings. The van der Waals surface area contributed by atoms with E-state index in [-0.39, 0.29) is 0 Å². The second-order valence-corrected chi connectivity index (χ2v) is 3.91. The molecule has 0 aliphatic carbocycles. The van der Waals surface area contributed by atoms with Crippen molar-refractivity contribution >= 4 is 22.4 Å². The molecule has 4 heteroatoms. The number of aromatic nitrogens is 1. The molecule has 0 atom stereocenters. The van der Waals surface area contributed by atoms with E-state index in [0.717, 1.165) is 11.5 Å². The molecule has 1 rings (SSSR count). The molecule has 0 fully saturated rings. The number of nitrogen functional groups attached to an aromatic ring is 1. The average Bonchev–Trinajstić information content (AvgIpc) is 2.51. The summed E-state index contributed by atoms with van der Waals surface area (Å²) in [6.45, 7) is 3.25. The van der Waals surface area contributed by atoms with E-state index in [0.29, 0.717) is 5.82 Å². The first-order valence-corrected chi connectivity index (χ1v) is 5.56. The quantitative estimate of drug-likeness (QED) is 0.693. The van der Waals surface area contributed by atoms with Gasteiger partial charge in [-0.1, -0.05) is 26.2 Å². The Hall–Kier alpha value is -0.770. The summed E-state index contributed by atoms with van der Waals surface area (Å²) in [6, 6.07) is 1.88. The molecule has 0 aliphatic rings. The Bertz CT molecular complexity index is 235. The Kier molecular flexibility index (Phi) is 4.60. The molecule has 0 aliphatic heterocycles. The van der Waals surface area contributed by atoms with Crippen LogP contribution in [0.4, 0.5) is 10.8 Å². The molecule has 13 heavy (non-hydrogen) atoms. The maximum atomic E-state index is 5.49. The highest BCUT2D eigenvalue weighted by atomic mass is 32.1. The number of hydrogen-bond acceptors (Lipinski definition) is 4. The highest BCUT2D eigenvalue weighted by Crippen LogP contribution is 2.17. The molecule has 74 valence electrons. The lowest BCUT2D eigenvalue weighted by molar-refractivity contribution is 0.685. The van der Waals surface area contributed by atoms with Gasteiger partial charge < -0.3 is 11.1 Å². The Labute approximate surface area is 83.5 Å². The van der Waals surface area contributed by atoms with Crippen LogP contribution in [0.1, 0.15) is 32.6 Å². The van der Waals surface area contributed by atoms with Gasteiger partial charge in [-0.15, -0.1) is 0 Å². The summed E-state index contributed by atoms with van der Waals surface area (Å²) in [5, 5.41) is 4.38. The lowest BCUT2D eigenvalue weighted by Gasteiger charge is -2.01. The minimum absolute atomic E-state index is 0.612. The van der Waals surface area contributed by atoms with Gasteiger partial charge in [0.1, 0.15) is 10.8 Å². The van der Waals surface area contributed by atoms with Gasteiger partial charge in [0, 0.05) is 12.6 Å². The van der Waals surface area contributed by atoms with Crippen LogP contribution in [-0.4, -0.2) is 10.9 Å². The summed E-state index contributed by atoms with van der Waals surface area (Å²) in [7, 11) is 0. The van der Waals surface area contributed by atoms with Crippen LogP contribution < -0.4 is 11.1 Å². The number of rotatable bonds is 6. The Morgan fingerprint density at radius 2 is 2.31 bits per heavy atom. The molecular weight excluding hydrogens is 182 g/mol. The summed E-state index contributed by atoms with van der Waals surface area (Å²) in [6.07, 6.45) is 5.14. The Balaban J connectivity index is 2.06. The first-order chi connectivity index (χ1) is 6.33. The third-order valence-electron chi connectivity index (χ3n) is 1.86. The van der Waals surface area contributed by atoms with Crippen LogP contribution in [0.2, 0.25) is 0 Å².